The molecule has 2 saturated heterocycles. The molecular weight excluding hydrogens is 448 g/mol. The standard InChI is InChI=1S/C22H21BrN4O3/c1-28-16-8-7-14(23)10-15(16)18-20(11-24,12-25)21(13-26)17-6-4-2-3-5-9-22(17,29-18)30-19(21)27/h7-8,10,17-18,27H,2-6,9H2,1H3. The van der Waals surface area contributed by atoms with Crippen molar-refractivity contribution >= 4 is 21.8 Å². The quantitative estimate of drug-likeness (QED) is 0.667. The molecule has 8 heteroatoms. The third-order valence-corrected chi connectivity index (χ3v) is 7.28. The van der Waals surface area contributed by atoms with E-state index in [1.165, 1.54) is 7.11 Å². The molecule has 1 aromatic carbocycles. The van der Waals surface area contributed by atoms with Crippen LogP contribution in [0.25, 0.3) is 0 Å². The van der Waals surface area contributed by atoms with Crippen LogP contribution in [0.15, 0.2) is 22.7 Å². The molecule has 3 fully saturated rings. The Labute approximate surface area is 183 Å². The lowest BCUT2D eigenvalue weighted by Gasteiger charge is -2.50. The zero-order chi connectivity index (χ0) is 21.6. The molecular formula is C22H21BrN4O3. The highest BCUT2D eigenvalue weighted by Gasteiger charge is 2.80. The molecule has 2 aliphatic heterocycles. The van der Waals surface area contributed by atoms with Crippen molar-refractivity contribution in [3.63, 3.8) is 0 Å². The molecule has 2 heterocycles. The van der Waals surface area contributed by atoms with E-state index in [4.69, 9.17) is 19.6 Å². The molecule has 1 N–H and O–H groups in total. The van der Waals surface area contributed by atoms with E-state index < -0.39 is 28.6 Å². The van der Waals surface area contributed by atoms with Crippen LogP contribution in [0.1, 0.15) is 50.2 Å². The Morgan fingerprint density at radius 2 is 1.87 bits per heavy atom. The van der Waals surface area contributed by atoms with Crippen molar-refractivity contribution in [2.75, 3.05) is 7.11 Å². The van der Waals surface area contributed by atoms with Crippen LogP contribution in [-0.4, -0.2) is 18.8 Å². The summed E-state index contributed by atoms with van der Waals surface area (Å²) in [6, 6.07) is 11.7. The second-order valence-corrected chi connectivity index (χ2v) is 9.00. The Morgan fingerprint density at radius 1 is 1.13 bits per heavy atom. The minimum absolute atomic E-state index is 0.337. The number of benzene rings is 1. The first-order chi connectivity index (χ1) is 14.4. The van der Waals surface area contributed by atoms with Crippen LogP contribution in [0.2, 0.25) is 0 Å². The average molecular weight is 469 g/mol. The van der Waals surface area contributed by atoms with Gasteiger partial charge in [0.2, 0.25) is 17.1 Å². The number of hydrogen-bond donors (Lipinski definition) is 1. The molecule has 1 aliphatic carbocycles. The maximum atomic E-state index is 10.4. The van der Waals surface area contributed by atoms with Crippen molar-refractivity contribution in [3.05, 3.63) is 28.2 Å². The number of nitrogens with one attached hydrogen (secondary N) is 1. The van der Waals surface area contributed by atoms with Gasteiger partial charge in [-0.1, -0.05) is 35.2 Å². The molecule has 0 radical (unpaired) electrons. The predicted octanol–water partition coefficient (Wildman–Crippen LogP) is 4.75. The van der Waals surface area contributed by atoms with E-state index in [9.17, 15) is 15.8 Å². The van der Waals surface area contributed by atoms with Crippen molar-refractivity contribution in [3.8, 4) is 24.0 Å². The van der Waals surface area contributed by atoms with Crippen LogP contribution >= 0.6 is 15.9 Å². The largest absolute Gasteiger partial charge is 0.496 e. The van der Waals surface area contributed by atoms with Crippen LogP contribution in [-0.2, 0) is 9.47 Å². The number of halogens is 1. The van der Waals surface area contributed by atoms with E-state index in [1.54, 1.807) is 18.2 Å². The van der Waals surface area contributed by atoms with Gasteiger partial charge in [-0.25, -0.2) is 0 Å². The fraction of sp³-hybridized carbons (Fsp3) is 0.545. The van der Waals surface area contributed by atoms with Gasteiger partial charge in [0.15, 0.2) is 5.41 Å². The van der Waals surface area contributed by atoms with Gasteiger partial charge in [0.25, 0.3) is 0 Å². The Hall–Kier alpha value is -2.60. The molecule has 3 aliphatic rings. The van der Waals surface area contributed by atoms with Gasteiger partial charge < -0.3 is 14.2 Å². The number of ether oxygens (including phenoxy) is 3. The summed E-state index contributed by atoms with van der Waals surface area (Å²) in [6.45, 7) is 0. The third kappa shape index (κ3) is 2.46. The highest BCUT2D eigenvalue weighted by molar-refractivity contribution is 9.10. The molecule has 0 aromatic heterocycles. The molecule has 4 atom stereocenters. The zero-order valence-corrected chi connectivity index (χ0v) is 18.2. The third-order valence-electron chi connectivity index (χ3n) is 6.79. The minimum Gasteiger partial charge on any atom is -0.496 e. The molecule has 154 valence electrons. The SMILES string of the molecule is COc1ccc(Br)cc1C1OC23CCCCCCC2C(C#N)(C(=N)O3)C1(C#N)C#N. The maximum absolute atomic E-state index is 10.4. The van der Waals surface area contributed by atoms with Gasteiger partial charge >= 0.3 is 0 Å². The normalized spacial score (nSPS) is 34.2. The summed E-state index contributed by atoms with van der Waals surface area (Å²) in [5.41, 5.74) is -3.20. The first-order valence-electron chi connectivity index (χ1n) is 9.97. The summed E-state index contributed by atoms with van der Waals surface area (Å²) < 4.78 is 18.8. The highest BCUT2D eigenvalue weighted by atomic mass is 79.9. The van der Waals surface area contributed by atoms with Crippen LogP contribution in [0.5, 0.6) is 5.75 Å². The lowest BCUT2D eigenvalue weighted by molar-refractivity contribution is -0.289. The van der Waals surface area contributed by atoms with Gasteiger partial charge in [-0.3, -0.25) is 5.41 Å². The number of nitriles is 3. The second kappa shape index (κ2) is 7.27. The average Bonchev–Trinajstić information content (AvgIpc) is 2.90. The van der Waals surface area contributed by atoms with Crippen molar-refractivity contribution in [2.24, 2.45) is 16.7 Å². The predicted molar refractivity (Wildman–Crippen MR) is 109 cm³/mol. The summed E-state index contributed by atoms with van der Waals surface area (Å²) in [7, 11) is 1.50. The van der Waals surface area contributed by atoms with Gasteiger partial charge in [0.05, 0.1) is 31.2 Å². The topological polar surface area (TPSA) is 123 Å². The minimum atomic E-state index is -1.96. The number of hydrogen-bond acceptors (Lipinski definition) is 7. The number of nitrogens with zero attached hydrogens (tertiary/aromatic N) is 3. The second-order valence-electron chi connectivity index (χ2n) is 8.08. The van der Waals surface area contributed by atoms with Gasteiger partial charge in [-0.15, -0.1) is 0 Å². The van der Waals surface area contributed by atoms with Gasteiger partial charge in [-0.05, 0) is 31.0 Å². The lowest BCUT2D eigenvalue weighted by atomic mass is 9.52. The summed E-state index contributed by atoms with van der Waals surface area (Å²) in [5.74, 6) is -1.66. The molecule has 4 rings (SSSR count). The Morgan fingerprint density at radius 3 is 2.53 bits per heavy atom. The van der Waals surface area contributed by atoms with E-state index in [-0.39, 0.29) is 5.90 Å². The van der Waals surface area contributed by atoms with E-state index in [0.29, 0.717) is 24.2 Å². The summed E-state index contributed by atoms with van der Waals surface area (Å²) in [4.78, 5) is 0. The summed E-state index contributed by atoms with van der Waals surface area (Å²) in [6.07, 6.45) is 3.59. The smallest absolute Gasteiger partial charge is 0.217 e. The first-order valence-corrected chi connectivity index (χ1v) is 10.8. The molecule has 4 unspecified atom stereocenters. The molecule has 0 spiro atoms. The van der Waals surface area contributed by atoms with Crippen molar-refractivity contribution < 1.29 is 14.2 Å². The summed E-state index contributed by atoms with van der Waals surface area (Å²) in [5, 5.41) is 39.7. The van der Waals surface area contributed by atoms with Crippen LogP contribution in [0.4, 0.5) is 0 Å². The lowest BCUT2D eigenvalue weighted by Crippen LogP contribution is -2.59. The van der Waals surface area contributed by atoms with Crippen LogP contribution < -0.4 is 4.74 Å². The fourth-order valence-electron chi connectivity index (χ4n) is 5.40. The van der Waals surface area contributed by atoms with Gasteiger partial charge in [0.1, 0.15) is 11.9 Å². The Kier molecular flexibility index (Phi) is 5.01. The van der Waals surface area contributed by atoms with Gasteiger partial charge in [0, 0.05) is 16.5 Å². The Bertz CT molecular complexity index is 1010. The monoisotopic (exact) mass is 468 g/mol. The summed E-state index contributed by atoms with van der Waals surface area (Å²) >= 11 is 3.44. The van der Waals surface area contributed by atoms with E-state index in [1.807, 2.05) is 0 Å². The molecule has 0 amide bonds. The number of rotatable bonds is 2. The van der Waals surface area contributed by atoms with Crippen molar-refractivity contribution in [1.82, 2.24) is 0 Å². The molecule has 1 aromatic rings. The fourth-order valence-corrected chi connectivity index (χ4v) is 5.78. The van der Waals surface area contributed by atoms with Crippen molar-refractivity contribution in [2.45, 2.75) is 50.4 Å². The maximum Gasteiger partial charge on any atom is 0.217 e. The number of methoxy groups -OCH3 is 1. The first kappa shape index (κ1) is 20.7. The molecule has 2 bridgehead atoms. The van der Waals surface area contributed by atoms with E-state index in [0.717, 1.165) is 30.2 Å². The molecule has 30 heavy (non-hydrogen) atoms. The molecule has 7 nitrogen and oxygen atoms in total. The zero-order valence-electron chi connectivity index (χ0n) is 16.6. The molecule has 1 saturated carbocycles. The van der Waals surface area contributed by atoms with Crippen LogP contribution in [0, 0.1) is 56.2 Å². The van der Waals surface area contributed by atoms with Gasteiger partial charge in [-0.2, -0.15) is 15.8 Å². The Balaban J connectivity index is 2.02. The van der Waals surface area contributed by atoms with Crippen LogP contribution in [0.3, 0.4) is 0 Å². The van der Waals surface area contributed by atoms with E-state index in [2.05, 4.69) is 34.1 Å². The highest BCUT2D eigenvalue weighted by Crippen LogP contribution is 2.69. The van der Waals surface area contributed by atoms with E-state index >= 15 is 0 Å². The van der Waals surface area contributed by atoms with Crippen molar-refractivity contribution in [1.29, 1.82) is 21.2 Å².